The first-order valence-electron chi connectivity index (χ1n) is 7.23. The van der Waals surface area contributed by atoms with Crippen LogP contribution < -0.4 is 5.73 Å². The van der Waals surface area contributed by atoms with Crippen molar-refractivity contribution in [3.8, 4) is 17.3 Å². The van der Waals surface area contributed by atoms with E-state index < -0.39 is 0 Å². The lowest BCUT2D eigenvalue weighted by atomic mass is 10.1. The Morgan fingerprint density at radius 1 is 1.09 bits per heavy atom. The Balaban J connectivity index is 2.13. The number of nitrogens with two attached hydrogens (primary N) is 1. The maximum Gasteiger partial charge on any atom is 0.165 e. The number of aryl methyl sites for hydroxylation is 1. The van der Waals surface area contributed by atoms with Gasteiger partial charge >= 0.3 is 0 Å². The molecule has 5 nitrogen and oxygen atoms in total. The predicted molar refractivity (Wildman–Crippen MR) is 89.8 cm³/mol. The first-order chi connectivity index (χ1) is 11.2. The summed E-state index contributed by atoms with van der Waals surface area (Å²) in [5.74, 6) is 0.310. The van der Waals surface area contributed by atoms with Gasteiger partial charge in [0, 0.05) is 10.9 Å². The average Bonchev–Trinajstić information content (AvgIpc) is 2.95. The topological polar surface area (TPSA) is 80.0 Å². The molecule has 0 radical (unpaired) electrons. The molecule has 0 amide bonds. The molecular weight excluding hydrogens is 286 g/mol. The summed E-state index contributed by atoms with van der Waals surface area (Å²) in [5.41, 5.74) is 10.6. The highest BCUT2D eigenvalue weighted by Gasteiger charge is 2.17. The van der Waals surface area contributed by atoms with Crippen molar-refractivity contribution in [2.24, 2.45) is 0 Å². The third kappa shape index (κ3) is 1.93. The molecule has 23 heavy (non-hydrogen) atoms. The molecule has 0 saturated heterocycles. The number of aromatic nitrogens is 3. The second-order valence-corrected chi connectivity index (χ2v) is 5.45. The maximum absolute atomic E-state index is 9.54. The first-order valence-corrected chi connectivity index (χ1v) is 7.23. The SMILES string of the molecule is Cc1ccc(-c2nc3c4ccccc4nn3c(N)c2C#N)cc1. The summed E-state index contributed by atoms with van der Waals surface area (Å²) in [7, 11) is 0. The third-order valence-electron chi connectivity index (χ3n) is 3.93. The predicted octanol–water partition coefficient (Wildman–Crippen LogP) is 3.31. The van der Waals surface area contributed by atoms with E-state index in [1.807, 2.05) is 55.5 Å². The zero-order valence-corrected chi connectivity index (χ0v) is 12.5. The smallest absolute Gasteiger partial charge is 0.165 e. The van der Waals surface area contributed by atoms with Crippen molar-refractivity contribution < 1.29 is 0 Å². The monoisotopic (exact) mass is 299 g/mol. The second-order valence-electron chi connectivity index (χ2n) is 5.45. The molecule has 5 heteroatoms. The van der Waals surface area contributed by atoms with E-state index in [1.165, 1.54) is 0 Å². The van der Waals surface area contributed by atoms with Gasteiger partial charge in [-0.1, -0.05) is 42.0 Å². The first kappa shape index (κ1) is 13.3. The molecule has 2 aromatic carbocycles. The third-order valence-corrected chi connectivity index (χ3v) is 3.93. The molecule has 0 spiro atoms. The molecular formula is C18H13N5. The molecule has 2 heterocycles. The van der Waals surface area contributed by atoms with Gasteiger partial charge in [0.05, 0.1) is 11.2 Å². The van der Waals surface area contributed by atoms with Gasteiger partial charge in [-0.2, -0.15) is 14.9 Å². The number of nitrogen functional groups attached to an aromatic ring is 1. The van der Waals surface area contributed by atoms with Gasteiger partial charge in [0.15, 0.2) is 5.65 Å². The fourth-order valence-electron chi connectivity index (χ4n) is 2.71. The molecule has 2 aromatic heterocycles. The lowest BCUT2D eigenvalue weighted by molar-refractivity contribution is 0.967. The standard InChI is InChI=1S/C18H13N5/c1-11-6-8-12(9-7-11)16-14(10-19)17(20)23-18(21-16)13-4-2-3-5-15(13)22-23/h2-9H,20H2,1H3. The number of hydrogen-bond donors (Lipinski definition) is 1. The van der Waals surface area contributed by atoms with Crippen LogP contribution in [0.3, 0.4) is 0 Å². The summed E-state index contributed by atoms with van der Waals surface area (Å²) in [6.07, 6.45) is 0. The second kappa shape index (κ2) is 4.82. The van der Waals surface area contributed by atoms with Crippen LogP contribution in [0, 0.1) is 18.3 Å². The molecule has 0 saturated carbocycles. The van der Waals surface area contributed by atoms with E-state index in [1.54, 1.807) is 4.52 Å². The van der Waals surface area contributed by atoms with Crippen LogP contribution in [0.1, 0.15) is 11.1 Å². The maximum atomic E-state index is 9.54. The molecule has 4 rings (SSSR count). The van der Waals surface area contributed by atoms with E-state index >= 15 is 0 Å². The molecule has 2 N–H and O–H groups in total. The van der Waals surface area contributed by atoms with Gasteiger partial charge in [0.2, 0.25) is 0 Å². The molecule has 0 bridgehead atoms. The minimum Gasteiger partial charge on any atom is -0.382 e. The van der Waals surface area contributed by atoms with Gasteiger partial charge in [-0.05, 0) is 19.1 Å². The van der Waals surface area contributed by atoms with E-state index in [4.69, 9.17) is 10.7 Å². The summed E-state index contributed by atoms with van der Waals surface area (Å²) < 4.78 is 1.54. The van der Waals surface area contributed by atoms with E-state index in [9.17, 15) is 5.26 Å². The Hall–Kier alpha value is -3.39. The lowest BCUT2D eigenvalue weighted by Crippen LogP contribution is -2.06. The number of benzene rings is 2. The Labute approximate surface area is 132 Å². The van der Waals surface area contributed by atoms with E-state index in [0.717, 1.165) is 22.0 Å². The minimum atomic E-state index is 0.310. The van der Waals surface area contributed by atoms with Crippen LogP contribution in [0.15, 0.2) is 48.5 Å². The summed E-state index contributed by atoms with van der Waals surface area (Å²) in [5, 5.41) is 14.9. The zero-order chi connectivity index (χ0) is 16.0. The van der Waals surface area contributed by atoms with Crippen molar-refractivity contribution in [3.63, 3.8) is 0 Å². The molecule has 0 aliphatic carbocycles. The summed E-state index contributed by atoms with van der Waals surface area (Å²) in [6.45, 7) is 2.02. The van der Waals surface area contributed by atoms with E-state index in [2.05, 4.69) is 11.2 Å². The van der Waals surface area contributed by atoms with E-state index in [-0.39, 0.29) is 0 Å². The molecule has 0 unspecified atom stereocenters. The summed E-state index contributed by atoms with van der Waals surface area (Å²) in [4.78, 5) is 4.69. The minimum absolute atomic E-state index is 0.310. The van der Waals surface area contributed by atoms with Gasteiger partial charge in [-0.3, -0.25) is 0 Å². The quantitative estimate of drug-likeness (QED) is 0.584. The fourth-order valence-corrected chi connectivity index (χ4v) is 2.71. The Kier molecular flexibility index (Phi) is 2.78. The van der Waals surface area contributed by atoms with Crippen molar-refractivity contribution in [3.05, 3.63) is 59.7 Å². The van der Waals surface area contributed by atoms with Crippen molar-refractivity contribution in [1.82, 2.24) is 14.6 Å². The highest BCUT2D eigenvalue weighted by molar-refractivity contribution is 5.94. The number of anilines is 1. The van der Waals surface area contributed by atoms with Crippen LogP contribution >= 0.6 is 0 Å². The van der Waals surface area contributed by atoms with Gasteiger partial charge in [-0.15, -0.1) is 0 Å². The molecule has 0 atom stereocenters. The fraction of sp³-hybridized carbons (Fsp3) is 0.0556. The van der Waals surface area contributed by atoms with Gasteiger partial charge in [0.1, 0.15) is 17.5 Å². The largest absolute Gasteiger partial charge is 0.382 e. The van der Waals surface area contributed by atoms with Gasteiger partial charge in [-0.25, -0.2) is 4.98 Å². The normalized spacial score (nSPS) is 11.0. The number of nitriles is 1. The molecule has 110 valence electrons. The Morgan fingerprint density at radius 2 is 1.83 bits per heavy atom. The van der Waals surface area contributed by atoms with Gasteiger partial charge in [0.25, 0.3) is 0 Å². The van der Waals surface area contributed by atoms with Crippen molar-refractivity contribution in [1.29, 1.82) is 5.26 Å². The Bertz CT molecular complexity index is 1080. The average molecular weight is 299 g/mol. The molecule has 0 aliphatic heterocycles. The van der Waals surface area contributed by atoms with Crippen LogP contribution in [0.4, 0.5) is 5.82 Å². The van der Waals surface area contributed by atoms with Gasteiger partial charge < -0.3 is 5.73 Å². The van der Waals surface area contributed by atoms with Crippen LogP contribution in [0.2, 0.25) is 0 Å². The number of nitrogens with zero attached hydrogens (tertiary/aromatic N) is 4. The zero-order valence-electron chi connectivity index (χ0n) is 12.5. The highest BCUT2D eigenvalue weighted by Crippen LogP contribution is 2.29. The van der Waals surface area contributed by atoms with Crippen LogP contribution in [-0.4, -0.2) is 14.6 Å². The van der Waals surface area contributed by atoms with Crippen LogP contribution in [-0.2, 0) is 0 Å². The highest BCUT2D eigenvalue weighted by atomic mass is 15.3. The lowest BCUT2D eigenvalue weighted by Gasteiger charge is -2.08. The van der Waals surface area contributed by atoms with Crippen molar-refractivity contribution in [2.45, 2.75) is 6.92 Å². The molecule has 0 aliphatic rings. The number of rotatable bonds is 1. The van der Waals surface area contributed by atoms with Crippen LogP contribution in [0.25, 0.3) is 27.8 Å². The number of fused-ring (bicyclic) bond motifs is 3. The molecule has 0 fully saturated rings. The van der Waals surface area contributed by atoms with Crippen molar-refractivity contribution in [2.75, 3.05) is 5.73 Å². The summed E-state index contributed by atoms with van der Waals surface area (Å²) in [6, 6.07) is 17.8. The van der Waals surface area contributed by atoms with Crippen LogP contribution in [0.5, 0.6) is 0 Å². The number of hydrogen-bond acceptors (Lipinski definition) is 4. The summed E-state index contributed by atoms with van der Waals surface area (Å²) >= 11 is 0. The Morgan fingerprint density at radius 3 is 2.57 bits per heavy atom. The van der Waals surface area contributed by atoms with Crippen molar-refractivity contribution >= 4 is 22.4 Å². The van der Waals surface area contributed by atoms with E-state index in [0.29, 0.717) is 22.7 Å². The molecule has 4 aromatic rings.